The summed E-state index contributed by atoms with van der Waals surface area (Å²) >= 11 is 0. The lowest BCUT2D eigenvalue weighted by atomic mass is 10.3. The Balaban J connectivity index is 2.16. The van der Waals surface area contributed by atoms with Crippen LogP contribution in [0.1, 0.15) is 25.7 Å². The fourth-order valence-corrected chi connectivity index (χ4v) is 2.74. The molecule has 0 aromatic carbocycles. The molecule has 1 aromatic rings. The highest BCUT2D eigenvalue weighted by atomic mass is 35.7. The van der Waals surface area contributed by atoms with Crippen LogP contribution in [-0.2, 0) is 20.3 Å². The van der Waals surface area contributed by atoms with Gasteiger partial charge >= 0.3 is 6.01 Å². The van der Waals surface area contributed by atoms with Crippen LogP contribution in [-0.4, -0.2) is 36.3 Å². The fraction of sp³-hybridized carbons (Fsp3) is 0.667. The average Bonchev–Trinajstić information content (AvgIpc) is 2.84. The average molecular weight is 294 g/mol. The molecule has 2 rings (SSSR count). The van der Waals surface area contributed by atoms with Gasteiger partial charge in [0.15, 0.2) is 0 Å². The van der Waals surface area contributed by atoms with E-state index in [1.807, 2.05) is 6.92 Å². The molecule has 0 bridgehead atoms. The summed E-state index contributed by atoms with van der Waals surface area (Å²) in [5.41, 5.74) is 0. The Labute approximate surface area is 109 Å². The van der Waals surface area contributed by atoms with E-state index >= 15 is 0 Å². The Kier molecular flexibility index (Phi) is 3.58. The van der Waals surface area contributed by atoms with E-state index in [1.165, 1.54) is 0 Å². The Morgan fingerprint density at radius 1 is 1.50 bits per heavy atom. The van der Waals surface area contributed by atoms with Gasteiger partial charge in [-0.15, -0.1) is 5.10 Å². The molecule has 0 N–H and O–H groups in total. The summed E-state index contributed by atoms with van der Waals surface area (Å²) in [6.07, 6.45) is 1.30. The molecular weight excluding hydrogens is 282 g/mol. The van der Waals surface area contributed by atoms with Crippen LogP contribution in [0.5, 0.6) is 0 Å². The fourth-order valence-electron chi connectivity index (χ4n) is 1.72. The van der Waals surface area contributed by atoms with Crippen LogP contribution in [0.15, 0.2) is 4.42 Å². The van der Waals surface area contributed by atoms with Gasteiger partial charge in [-0.3, -0.25) is 9.69 Å². The standard InChI is InChI=1S/C9H12ClN3O4S/c1-2-3-7-11-12-9(17-7)13-5-6(4-8(13)14)18(10,15)16/h6H,2-5H2,1H3. The monoisotopic (exact) mass is 293 g/mol. The zero-order valence-corrected chi connectivity index (χ0v) is 11.2. The van der Waals surface area contributed by atoms with Crippen molar-refractivity contribution in [2.24, 2.45) is 0 Å². The SMILES string of the molecule is CCCc1nnc(N2CC(S(=O)(=O)Cl)CC2=O)o1. The van der Waals surface area contributed by atoms with Crippen LogP contribution >= 0.6 is 10.7 Å². The lowest BCUT2D eigenvalue weighted by Crippen LogP contribution is -2.27. The van der Waals surface area contributed by atoms with Crippen molar-refractivity contribution in [3.63, 3.8) is 0 Å². The lowest BCUT2D eigenvalue weighted by molar-refractivity contribution is -0.117. The van der Waals surface area contributed by atoms with Crippen molar-refractivity contribution in [3.05, 3.63) is 5.89 Å². The van der Waals surface area contributed by atoms with E-state index in [9.17, 15) is 13.2 Å². The minimum atomic E-state index is -3.76. The molecule has 1 saturated heterocycles. The Hall–Kier alpha value is -1.15. The number of amides is 1. The summed E-state index contributed by atoms with van der Waals surface area (Å²) in [6, 6.07) is 0.0336. The van der Waals surface area contributed by atoms with E-state index in [0.29, 0.717) is 12.3 Å². The molecule has 1 fully saturated rings. The number of halogens is 1. The van der Waals surface area contributed by atoms with Crippen LogP contribution in [0.3, 0.4) is 0 Å². The van der Waals surface area contributed by atoms with E-state index in [2.05, 4.69) is 10.2 Å². The molecule has 100 valence electrons. The molecule has 9 heteroatoms. The summed E-state index contributed by atoms with van der Waals surface area (Å²) in [5.74, 6) is 0.0494. The predicted octanol–water partition coefficient (Wildman–Crippen LogP) is 0.696. The first-order valence-corrected chi connectivity index (χ1v) is 7.85. The number of aromatic nitrogens is 2. The van der Waals surface area contributed by atoms with Crippen molar-refractivity contribution in [1.29, 1.82) is 0 Å². The Morgan fingerprint density at radius 2 is 2.22 bits per heavy atom. The number of nitrogens with zero attached hydrogens (tertiary/aromatic N) is 3. The molecule has 1 aliphatic rings. The van der Waals surface area contributed by atoms with Crippen LogP contribution in [0.25, 0.3) is 0 Å². The minimum absolute atomic E-state index is 0.0336. The van der Waals surface area contributed by atoms with Crippen molar-refractivity contribution in [2.45, 2.75) is 31.4 Å². The van der Waals surface area contributed by atoms with Gasteiger partial charge in [0, 0.05) is 30.1 Å². The molecule has 0 radical (unpaired) electrons. The highest BCUT2D eigenvalue weighted by molar-refractivity contribution is 8.14. The van der Waals surface area contributed by atoms with E-state index in [-0.39, 0.29) is 24.9 Å². The van der Waals surface area contributed by atoms with Gasteiger partial charge in [-0.1, -0.05) is 12.0 Å². The number of hydrogen-bond acceptors (Lipinski definition) is 6. The molecule has 1 aliphatic heterocycles. The second-order valence-corrected chi connectivity index (χ2v) is 6.94. The van der Waals surface area contributed by atoms with Gasteiger partial charge in [0.2, 0.25) is 20.8 Å². The van der Waals surface area contributed by atoms with Gasteiger partial charge in [-0.2, -0.15) is 0 Å². The second kappa shape index (κ2) is 4.85. The van der Waals surface area contributed by atoms with Crippen molar-refractivity contribution in [1.82, 2.24) is 10.2 Å². The Morgan fingerprint density at radius 3 is 2.78 bits per heavy atom. The summed E-state index contributed by atoms with van der Waals surface area (Å²) in [5, 5.41) is 6.59. The number of hydrogen-bond donors (Lipinski definition) is 0. The first-order valence-electron chi connectivity index (χ1n) is 5.48. The van der Waals surface area contributed by atoms with Gasteiger partial charge in [0.05, 0.1) is 0 Å². The molecule has 7 nitrogen and oxygen atoms in total. The van der Waals surface area contributed by atoms with Crippen LogP contribution in [0.4, 0.5) is 6.01 Å². The van der Waals surface area contributed by atoms with Gasteiger partial charge in [-0.25, -0.2) is 8.42 Å². The van der Waals surface area contributed by atoms with Crippen molar-refractivity contribution < 1.29 is 17.6 Å². The summed E-state index contributed by atoms with van der Waals surface area (Å²) < 4.78 is 27.7. The smallest absolute Gasteiger partial charge is 0.325 e. The zero-order chi connectivity index (χ0) is 13.3. The molecule has 18 heavy (non-hydrogen) atoms. The molecule has 0 aliphatic carbocycles. The van der Waals surface area contributed by atoms with Gasteiger partial charge in [0.25, 0.3) is 0 Å². The normalized spacial score (nSPS) is 20.7. The third-order valence-electron chi connectivity index (χ3n) is 2.64. The second-order valence-electron chi connectivity index (χ2n) is 4.03. The van der Waals surface area contributed by atoms with Crippen molar-refractivity contribution >= 4 is 31.7 Å². The quantitative estimate of drug-likeness (QED) is 0.758. The van der Waals surface area contributed by atoms with Gasteiger partial charge in [0.1, 0.15) is 5.25 Å². The third kappa shape index (κ3) is 2.64. The summed E-state index contributed by atoms with van der Waals surface area (Å²) in [7, 11) is 1.48. The molecule has 0 spiro atoms. The third-order valence-corrected chi connectivity index (χ3v) is 4.51. The topological polar surface area (TPSA) is 93.4 Å². The van der Waals surface area contributed by atoms with Gasteiger partial charge in [-0.05, 0) is 6.42 Å². The maximum Gasteiger partial charge on any atom is 0.325 e. The van der Waals surface area contributed by atoms with Crippen LogP contribution < -0.4 is 4.90 Å². The van der Waals surface area contributed by atoms with Gasteiger partial charge < -0.3 is 4.42 Å². The molecule has 1 unspecified atom stereocenters. The zero-order valence-electron chi connectivity index (χ0n) is 9.67. The highest BCUT2D eigenvalue weighted by Crippen LogP contribution is 2.25. The maximum absolute atomic E-state index is 11.7. The number of aryl methyl sites for hydroxylation is 1. The van der Waals surface area contributed by atoms with E-state index < -0.39 is 14.3 Å². The first kappa shape index (κ1) is 13.3. The van der Waals surface area contributed by atoms with E-state index in [0.717, 1.165) is 11.3 Å². The van der Waals surface area contributed by atoms with Crippen LogP contribution in [0, 0.1) is 0 Å². The maximum atomic E-state index is 11.7. The number of carbonyl (C=O) groups is 1. The first-order chi connectivity index (χ1) is 8.41. The number of carbonyl (C=O) groups excluding carboxylic acids is 1. The molecule has 1 atom stereocenters. The number of anilines is 1. The van der Waals surface area contributed by atoms with Crippen molar-refractivity contribution in [3.8, 4) is 0 Å². The number of rotatable bonds is 4. The summed E-state index contributed by atoms with van der Waals surface area (Å²) in [6.45, 7) is 1.92. The minimum Gasteiger partial charge on any atom is -0.408 e. The van der Waals surface area contributed by atoms with E-state index in [4.69, 9.17) is 15.1 Å². The highest BCUT2D eigenvalue weighted by Gasteiger charge is 2.40. The van der Waals surface area contributed by atoms with E-state index in [1.54, 1.807) is 0 Å². The lowest BCUT2D eigenvalue weighted by Gasteiger charge is -2.09. The molecule has 0 saturated carbocycles. The molecule has 2 heterocycles. The molecular formula is C9H12ClN3O4S. The predicted molar refractivity (Wildman–Crippen MR) is 63.8 cm³/mol. The Bertz CT molecular complexity index is 556. The molecule has 1 amide bonds. The largest absolute Gasteiger partial charge is 0.408 e. The van der Waals surface area contributed by atoms with Crippen LogP contribution in [0.2, 0.25) is 0 Å². The molecule has 1 aromatic heterocycles. The summed E-state index contributed by atoms with van der Waals surface area (Å²) in [4.78, 5) is 12.8. The van der Waals surface area contributed by atoms with Crippen molar-refractivity contribution in [2.75, 3.05) is 11.4 Å².